The molecule has 0 spiro atoms. The third kappa shape index (κ3) is 3.43. The van der Waals surface area contributed by atoms with Crippen LogP contribution in [0.4, 0.5) is 19.0 Å². The van der Waals surface area contributed by atoms with Gasteiger partial charge in [-0.15, -0.1) is 0 Å². The number of aliphatic hydroxyl groups is 3. The molecule has 6 nitrogen and oxygen atoms in total. The average Bonchev–Trinajstić information content (AvgIpc) is 2.44. The number of alkyl halides is 3. The van der Waals surface area contributed by atoms with Gasteiger partial charge in [-0.05, 0) is 12.1 Å². The van der Waals surface area contributed by atoms with Gasteiger partial charge in [0.2, 0.25) is 0 Å². The van der Waals surface area contributed by atoms with Crippen LogP contribution < -0.4 is 5.32 Å². The van der Waals surface area contributed by atoms with Crippen molar-refractivity contribution in [2.75, 3.05) is 18.5 Å². The molecule has 1 aromatic rings. The molecule has 21 heavy (non-hydrogen) atoms. The Morgan fingerprint density at radius 1 is 1.33 bits per heavy atom. The zero-order chi connectivity index (χ0) is 15.6. The Labute approximate surface area is 118 Å². The Hall–Kier alpha value is -1.42. The van der Waals surface area contributed by atoms with Gasteiger partial charge in [0.05, 0.1) is 24.8 Å². The van der Waals surface area contributed by atoms with Gasteiger partial charge in [-0.3, -0.25) is 0 Å². The first-order valence-corrected chi connectivity index (χ1v) is 6.22. The van der Waals surface area contributed by atoms with Crippen LogP contribution in [0.25, 0.3) is 0 Å². The molecular formula is C12H15F3N2O4. The predicted octanol–water partition coefficient (Wildman–Crippen LogP) is -0.00620. The van der Waals surface area contributed by atoms with Gasteiger partial charge < -0.3 is 25.4 Å². The summed E-state index contributed by atoms with van der Waals surface area (Å²) in [6.45, 7) is -0.667. The summed E-state index contributed by atoms with van der Waals surface area (Å²) in [7, 11) is 0. The SMILES string of the molecule is OCC1OC[C@H](Nc2ncccc2C(F)(F)F)C(O)C1O. The van der Waals surface area contributed by atoms with Crippen LogP contribution in [-0.2, 0) is 10.9 Å². The number of ether oxygens (including phenoxy) is 1. The van der Waals surface area contributed by atoms with Crippen LogP contribution in [-0.4, -0.2) is 57.9 Å². The van der Waals surface area contributed by atoms with Crippen molar-refractivity contribution in [2.45, 2.75) is 30.5 Å². The van der Waals surface area contributed by atoms with E-state index >= 15 is 0 Å². The molecule has 0 aromatic carbocycles. The van der Waals surface area contributed by atoms with Crippen molar-refractivity contribution in [3.8, 4) is 0 Å². The summed E-state index contributed by atoms with van der Waals surface area (Å²) in [6, 6.07) is 1.04. The smallest absolute Gasteiger partial charge is 0.394 e. The predicted molar refractivity (Wildman–Crippen MR) is 65.5 cm³/mol. The summed E-state index contributed by atoms with van der Waals surface area (Å²) in [5.74, 6) is -0.452. The molecule has 0 amide bonds. The minimum Gasteiger partial charge on any atom is -0.394 e. The van der Waals surface area contributed by atoms with E-state index in [9.17, 15) is 23.4 Å². The van der Waals surface area contributed by atoms with Crippen LogP contribution in [0.15, 0.2) is 18.3 Å². The third-order valence-electron chi connectivity index (χ3n) is 3.25. The van der Waals surface area contributed by atoms with E-state index in [4.69, 9.17) is 9.84 Å². The molecule has 1 fully saturated rings. The molecule has 4 N–H and O–H groups in total. The van der Waals surface area contributed by atoms with Crippen molar-refractivity contribution in [3.05, 3.63) is 23.9 Å². The Morgan fingerprint density at radius 2 is 2.05 bits per heavy atom. The lowest BCUT2D eigenvalue weighted by Crippen LogP contribution is -2.56. The minimum absolute atomic E-state index is 0.169. The molecule has 3 unspecified atom stereocenters. The number of hydrogen-bond acceptors (Lipinski definition) is 6. The van der Waals surface area contributed by atoms with Crippen molar-refractivity contribution in [1.82, 2.24) is 4.98 Å². The Balaban J connectivity index is 2.16. The second kappa shape index (κ2) is 6.14. The van der Waals surface area contributed by atoms with Gasteiger partial charge in [0.15, 0.2) is 0 Å². The van der Waals surface area contributed by atoms with E-state index in [1.165, 1.54) is 6.20 Å². The van der Waals surface area contributed by atoms with Gasteiger partial charge in [0, 0.05) is 6.20 Å². The fourth-order valence-electron chi connectivity index (χ4n) is 2.09. The van der Waals surface area contributed by atoms with E-state index in [1.807, 2.05) is 0 Å². The maximum absolute atomic E-state index is 12.8. The number of hydrogen-bond donors (Lipinski definition) is 4. The van der Waals surface area contributed by atoms with E-state index in [0.717, 1.165) is 12.1 Å². The Morgan fingerprint density at radius 3 is 2.67 bits per heavy atom. The lowest BCUT2D eigenvalue weighted by Gasteiger charge is -2.37. The van der Waals surface area contributed by atoms with Crippen LogP contribution in [0.1, 0.15) is 5.56 Å². The molecule has 0 saturated carbocycles. The number of rotatable bonds is 3. The van der Waals surface area contributed by atoms with Crippen LogP contribution in [0.2, 0.25) is 0 Å². The van der Waals surface area contributed by atoms with E-state index in [1.54, 1.807) is 0 Å². The number of pyridine rings is 1. The van der Waals surface area contributed by atoms with Crippen LogP contribution in [0, 0.1) is 0 Å². The zero-order valence-corrected chi connectivity index (χ0v) is 10.8. The molecule has 0 radical (unpaired) electrons. The molecule has 9 heteroatoms. The van der Waals surface area contributed by atoms with Crippen LogP contribution >= 0.6 is 0 Å². The molecule has 2 rings (SSSR count). The first-order valence-electron chi connectivity index (χ1n) is 6.22. The Bertz CT molecular complexity index is 486. The summed E-state index contributed by atoms with van der Waals surface area (Å²) in [6.07, 6.45) is -7.17. The molecule has 1 saturated heterocycles. The van der Waals surface area contributed by atoms with E-state index in [-0.39, 0.29) is 6.61 Å². The minimum atomic E-state index is -4.59. The van der Waals surface area contributed by atoms with Gasteiger partial charge >= 0.3 is 6.18 Å². The van der Waals surface area contributed by atoms with E-state index in [2.05, 4.69) is 10.3 Å². The number of aromatic nitrogens is 1. The van der Waals surface area contributed by atoms with Crippen molar-refractivity contribution in [1.29, 1.82) is 0 Å². The molecule has 1 aromatic heterocycles. The highest BCUT2D eigenvalue weighted by Gasteiger charge is 2.40. The van der Waals surface area contributed by atoms with Crippen molar-refractivity contribution < 1.29 is 33.2 Å². The van der Waals surface area contributed by atoms with E-state index in [0.29, 0.717) is 0 Å². The van der Waals surface area contributed by atoms with Gasteiger partial charge in [-0.25, -0.2) is 4.98 Å². The highest BCUT2D eigenvalue weighted by molar-refractivity contribution is 5.46. The standard InChI is InChI=1S/C12H15F3N2O4/c13-12(14,15)6-2-1-3-16-11(6)17-7-5-21-8(4-18)10(20)9(7)19/h1-3,7-10,18-20H,4-5H2,(H,16,17)/t7-,8?,9?,10?/m0/s1. The van der Waals surface area contributed by atoms with Gasteiger partial charge in [-0.2, -0.15) is 13.2 Å². The molecular weight excluding hydrogens is 293 g/mol. The zero-order valence-electron chi connectivity index (χ0n) is 10.8. The fraction of sp³-hybridized carbons (Fsp3) is 0.583. The maximum Gasteiger partial charge on any atom is 0.419 e. The molecule has 2 heterocycles. The number of anilines is 1. The van der Waals surface area contributed by atoms with Crippen molar-refractivity contribution in [3.63, 3.8) is 0 Å². The third-order valence-corrected chi connectivity index (χ3v) is 3.25. The molecule has 4 atom stereocenters. The number of nitrogens with one attached hydrogen (secondary N) is 1. The lowest BCUT2D eigenvalue weighted by molar-refractivity contribution is -0.153. The highest BCUT2D eigenvalue weighted by Crippen LogP contribution is 2.34. The summed E-state index contributed by atoms with van der Waals surface area (Å²) >= 11 is 0. The van der Waals surface area contributed by atoms with Crippen LogP contribution in [0.5, 0.6) is 0 Å². The van der Waals surface area contributed by atoms with Gasteiger partial charge in [0.1, 0.15) is 24.1 Å². The largest absolute Gasteiger partial charge is 0.419 e. The normalized spacial score (nSPS) is 30.2. The summed E-state index contributed by atoms with van der Waals surface area (Å²) in [4.78, 5) is 3.61. The van der Waals surface area contributed by atoms with Crippen LogP contribution in [0.3, 0.4) is 0 Å². The van der Waals surface area contributed by atoms with Crippen molar-refractivity contribution >= 4 is 5.82 Å². The quantitative estimate of drug-likeness (QED) is 0.628. The highest BCUT2D eigenvalue weighted by atomic mass is 19.4. The second-order valence-corrected chi connectivity index (χ2v) is 4.68. The maximum atomic E-state index is 12.8. The lowest BCUT2D eigenvalue weighted by atomic mass is 9.98. The molecule has 118 valence electrons. The Kier molecular flexibility index (Phi) is 4.67. The first kappa shape index (κ1) is 16.0. The topological polar surface area (TPSA) is 94.8 Å². The molecule has 0 aliphatic carbocycles. The summed E-state index contributed by atoms with van der Waals surface area (Å²) in [5, 5.41) is 30.9. The van der Waals surface area contributed by atoms with Crippen molar-refractivity contribution in [2.24, 2.45) is 0 Å². The monoisotopic (exact) mass is 308 g/mol. The fourth-order valence-corrected chi connectivity index (χ4v) is 2.09. The molecule has 0 bridgehead atoms. The molecule has 1 aliphatic rings. The first-order chi connectivity index (χ1) is 9.84. The molecule has 1 aliphatic heterocycles. The summed E-state index contributed by atoms with van der Waals surface area (Å²) in [5.41, 5.74) is -0.976. The number of nitrogens with zero attached hydrogens (tertiary/aromatic N) is 1. The average molecular weight is 308 g/mol. The van der Waals surface area contributed by atoms with Gasteiger partial charge in [0.25, 0.3) is 0 Å². The number of aliphatic hydroxyl groups excluding tert-OH is 3. The van der Waals surface area contributed by atoms with E-state index < -0.39 is 48.5 Å². The second-order valence-electron chi connectivity index (χ2n) is 4.68. The number of halogens is 3. The summed E-state index contributed by atoms with van der Waals surface area (Å²) < 4.78 is 43.6. The van der Waals surface area contributed by atoms with Gasteiger partial charge in [-0.1, -0.05) is 0 Å².